The van der Waals surface area contributed by atoms with Crippen molar-refractivity contribution < 1.29 is 9.53 Å². The number of ether oxygens (including phenoxy) is 1. The third kappa shape index (κ3) is 1.76. The molecule has 2 aliphatic heterocycles. The number of fused-ring (bicyclic) bond motifs is 1. The van der Waals surface area contributed by atoms with Crippen molar-refractivity contribution in [2.45, 2.75) is 20.8 Å². The first-order valence-corrected chi connectivity index (χ1v) is 5.31. The van der Waals surface area contributed by atoms with Gasteiger partial charge in [0, 0.05) is 6.54 Å². The number of amides is 1. The summed E-state index contributed by atoms with van der Waals surface area (Å²) in [7, 11) is 0. The van der Waals surface area contributed by atoms with E-state index in [1.54, 1.807) is 0 Å². The van der Waals surface area contributed by atoms with E-state index in [4.69, 9.17) is 4.74 Å². The van der Waals surface area contributed by atoms with Crippen molar-refractivity contribution in [1.29, 1.82) is 0 Å². The predicted molar refractivity (Wildman–Crippen MR) is 57.4 cm³/mol. The van der Waals surface area contributed by atoms with Crippen molar-refractivity contribution in [2.75, 3.05) is 13.2 Å². The summed E-state index contributed by atoms with van der Waals surface area (Å²) >= 11 is 0. The second kappa shape index (κ2) is 3.68. The second-order valence-corrected chi connectivity index (χ2v) is 4.37. The summed E-state index contributed by atoms with van der Waals surface area (Å²) in [6.45, 7) is 7.22. The van der Waals surface area contributed by atoms with Gasteiger partial charge in [-0.3, -0.25) is 4.79 Å². The Hall–Kier alpha value is -1.32. The van der Waals surface area contributed by atoms with E-state index >= 15 is 0 Å². The first-order chi connectivity index (χ1) is 7.09. The molecule has 0 radical (unpaired) electrons. The monoisotopic (exact) mass is 208 g/mol. The van der Waals surface area contributed by atoms with Gasteiger partial charge in [0.2, 0.25) is 5.90 Å². The molecule has 1 amide bonds. The summed E-state index contributed by atoms with van der Waals surface area (Å²) in [6, 6.07) is 0. The Kier molecular flexibility index (Phi) is 2.50. The van der Waals surface area contributed by atoms with Gasteiger partial charge in [-0.05, 0) is 17.4 Å². The van der Waals surface area contributed by atoms with Gasteiger partial charge in [0.25, 0.3) is 5.91 Å². The van der Waals surface area contributed by atoms with Crippen LogP contribution in [0.15, 0.2) is 16.3 Å². The minimum absolute atomic E-state index is 0.0854. The van der Waals surface area contributed by atoms with Crippen LogP contribution in [0.5, 0.6) is 0 Å². The molecule has 4 nitrogen and oxygen atoms in total. The molecule has 15 heavy (non-hydrogen) atoms. The maximum atomic E-state index is 11.3. The SMILES string of the molecule is CC(C)C1=C2NC(=O)COC2=NCC1C. The smallest absolute Gasteiger partial charge is 0.262 e. The Balaban J connectivity index is 2.41. The van der Waals surface area contributed by atoms with Gasteiger partial charge in [0.15, 0.2) is 6.61 Å². The first-order valence-electron chi connectivity index (χ1n) is 5.31. The highest BCUT2D eigenvalue weighted by Gasteiger charge is 2.30. The van der Waals surface area contributed by atoms with E-state index in [2.05, 4.69) is 31.1 Å². The van der Waals surface area contributed by atoms with Gasteiger partial charge >= 0.3 is 0 Å². The highest BCUT2D eigenvalue weighted by Crippen LogP contribution is 2.28. The van der Waals surface area contributed by atoms with E-state index in [9.17, 15) is 4.79 Å². The molecular weight excluding hydrogens is 192 g/mol. The fourth-order valence-electron chi connectivity index (χ4n) is 2.18. The van der Waals surface area contributed by atoms with Gasteiger partial charge in [0.1, 0.15) is 5.70 Å². The van der Waals surface area contributed by atoms with E-state index in [1.807, 2.05) is 0 Å². The lowest BCUT2D eigenvalue weighted by Gasteiger charge is -2.30. The second-order valence-electron chi connectivity index (χ2n) is 4.37. The molecule has 4 heteroatoms. The highest BCUT2D eigenvalue weighted by atomic mass is 16.5. The molecule has 0 aromatic heterocycles. The van der Waals surface area contributed by atoms with E-state index in [0.717, 1.165) is 12.2 Å². The summed E-state index contributed by atoms with van der Waals surface area (Å²) in [4.78, 5) is 15.6. The third-order valence-electron chi connectivity index (χ3n) is 2.77. The lowest BCUT2D eigenvalue weighted by atomic mass is 9.87. The van der Waals surface area contributed by atoms with Crippen LogP contribution >= 0.6 is 0 Å². The molecule has 0 aliphatic carbocycles. The summed E-state index contributed by atoms with van der Waals surface area (Å²) in [5.41, 5.74) is 2.05. The van der Waals surface area contributed by atoms with Crippen molar-refractivity contribution in [3.05, 3.63) is 11.3 Å². The molecule has 1 N–H and O–H groups in total. The van der Waals surface area contributed by atoms with Crippen molar-refractivity contribution in [2.24, 2.45) is 16.8 Å². The molecule has 1 saturated heterocycles. The number of aliphatic imine (C=N–C) groups is 1. The molecule has 0 aromatic carbocycles. The van der Waals surface area contributed by atoms with Crippen LogP contribution in [0.25, 0.3) is 0 Å². The van der Waals surface area contributed by atoms with Crippen LogP contribution in [0.4, 0.5) is 0 Å². The molecule has 0 spiro atoms. The fourth-order valence-corrected chi connectivity index (χ4v) is 2.18. The van der Waals surface area contributed by atoms with E-state index in [1.165, 1.54) is 5.57 Å². The fraction of sp³-hybridized carbons (Fsp3) is 0.636. The molecule has 0 bridgehead atoms. The van der Waals surface area contributed by atoms with Crippen molar-refractivity contribution in [3.63, 3.8) is 0 Å². The standard InChI is InChI=1S/C11H16N2O2/c1-6(2)9-7(3)4-12-11-10(9)13-8(14)5-15-11/h6-7H,4-5H2,1-3H3,(H,13,14). The average molecular weight is 208 g/mol. The maximum absolute atomic E-state index is 11.3. The minimum Gasteiger partial charge on any atom is -0.466 e. The predicted octanol–water partition coefficient (Wildman–Crippen LogP) is 1.09. The average Bonchev–Trinajstić information content (AvgIpc) is 2.16. The number of nitrogens with one attached hydrogen (secondary N) is 1. The molecule has 1 unspecified atom stereocenters. The number of carbonyl (C=O) groups excluding carboxylic acids is 1. The van der Waals surface area contributed by atoms with Crippen LogP contribution in [0.1, 0.15) is 20.8 Å². The van der Waals surface area contributed by atoms with E-state index < -0.39 is 0 Å². The van der Waals surface area contributed by atoms with Gasteiger partial charge in [-0.2, -0.15) is 0 Å². The zero-order valence-corrected chi connectivity index (χ0v) is 9.33. The van der Waals surface area contributed by atoms with Gasteiger partial charge in [-0.25, -0.2) is 4.99 Å². The normalized spacial score (nSPS) is 25.7. The summed E-state index contributed by atoms with van der Waals surface area (Å²) in [6.07, 6.45) is 0. The largest absolute Gasteiger partial charge is 0.466 e. The van der Waals surface area contributed by atoms with Crippen molar-refractivity contribution in [1.82, 2.24) is 5.32 Å². The summed E-state index contributed by atoms with van der Waals surface area (Å²) < 4.78 is 5.30. The van der Waals surface area contributed by atoms with Crippen LogP contribution in [0.2, 0.25) is 0 Å². The zero-order valence-electron chi connectivity index (χ0n) is 9.33. The number of dihydropyridines is 1. The molecule has 2 heterocycles. The van der Waals surface area contributed by atoms with E-state index in [-0.39, 0.29) is 12.5 Å². The summed E-state index contributed by atoms with van der Waals surface area (Å²) in [5, 5.41) is 2.87. The van der Waals surface area contributed by atoms with E-state index in [0.29, 0.717) is 17.7 Å². The number of hydrogen-bond acceptors (Lipinski definition) is 3. The van der Waals surface area contributed by atoms with Gasteiger partial charge in [0.05, 0.1) is 0 Å². The molecule has 2 rings (SSSR count). The van der Waals surface area contributed by atoms with Crippen LogP contribution in [-0.4, -0.2) is 25.0 Å². The Morgan fingerprint density at radius 3 is 2.93 bits per heavy atom. The number of morpholine rings is 1. The molecular formula is C11H16N2O2. The molecule has 82 valence electrons. The minimum atomic E-state index is -0.0869. The van der Waals surface area contributed by atoms with Crippen LogP contribution < -0.4 is 5.32 Å². The molecule has 0 aromatic rings. The van der Waals surface area contributed by atoms with Gasteiger partial charge in [-0.1, -0.05) is 20.8 Å². The van der Waals surface area contributed by atoms with Crippen molar-refractivity contribution in [3.8, 4) is 0 Å². The quantitative estimate of drug-likeness (QED) is 0.701. The summed E-state index contributed by atoms with van der Waals surface area (Å²) in [5.74, 6) is 1.31. The Morgan fingerprint density at radius 1 is 1.53 bits per heavy atom. The molecule has 0 saturated carbocycles. The number of hydrogen-bond donors (Lipinski definition) is 1. The zero-order chi connectivity index (χ0) is 11.0. The van der Waals surface area contributed by atoms with Gasteiger partial charge in [-0.15, -0.1) is 0 Å². The topological polar surface area (TPSA) is 50.7 Å². The van der Waals surface area contributed by atoms with Crippen LogP contribution in [0.3, 0.4) is 0 Å². The molecule has 2 aliphatic rings. The molecule has 1 fully saturated rings. The first kappa shape index (κ1) is 10.2. The number of carbonyl (C=O) groups is 1. The Labute approximate surface area is 89.4 Å². The lowest BCUT2D eigenvalue weighted by Crippen LogP contribution is -2.42. The van der Waals surface area contributed by atoms with Crippen LogP contribution in [-0.2, 0) is 9.53 Å². The highest BCUT2D eigenvalue weighted by molar-refractivity contribution is 6.02. The lowest BCUT2D eigenvalue weighted by molar-refractivity contribution is -0.123. The third-order valence-corrected chi connectivity index (χ3v) is 2.77. The number of nitrogens with zero attached hydrogens (tertiary/aromatic N) is 1. The maximum Gasteiger partial charge on any atom is 0.262 e. The van der Waals surface area contributed by atoms with Crippen molar-refractivity contribution >= 4 is 11.8 Å². The number of rotatable bonds is 1. The Bertz CT molecular complexity index is 356. The molecule has 1 atom stereocenters. The Morgan fingerprint density at radius 2 is 2.27 bits per heavy atom. The van der Waals surface area contributed by atoms with Crippen LogP contribution in [0, 0.1) is 11.8 Å². The van der Waals surface area contributed by atoms with Gasteiger partial charge < -0.3 is 10.1 Å².